The fraction of sp³-hybridized carbons (Fsp3) is 0.600. The Morgan fingerprint density at radius 1 is 1.35 bits per heavy atom. The summed E-state index contributed by atoms with van der Waals surface area (Å²) in [5, 5.41) is 8.86. The minimum absolute atomic E-state index is 0.0608. The number of carbonyl (C=O) groups is 2. The van der Waals surface area contributed by atoms with Gasteiger partial charge in [-0.1, -0.05) is 13.8 Å². The van der Waals surface area contributed by atoms with Crippen LogP contribution in [0, 0.1) is 12.8 Å². The first-order chi connectivity index (χ1) is 9.38. The summed E-state index contributed by atoms with van der Waals surface area (Å²) in [6.07, 6.45) is 2.07. The summed E-state index contributed by atoms with van der Waals surface area (Å²) in [6, 6.07) is 4.17. The number of carboxylic acid groups (broad SMARTS) is 1. The average Bonchev–Trinajstić information content (AvgIpc) is 2.73. The summed E-state index contributed by atoms with van der Waals surface area (Å²) in [6.45, 7) is 6.34. The minimum Gasteiger partial charge on any atom is -0.480 e. The number of carboxylic acids is 1. The lowest BCUT2D eigenvalue weighted by Gasteiger charge is -2.22. The molecule has 0 bridgehead atoms. The van der Waals surface area contributed by atoms with Crippen molar-refractivity contribution in [1.29, 1.82) is 0 Å². The van der Waals surface area contributed by atoms with Crippen molar-refractivity contribution >= 4 is 23.2 Å². The van der Waals surface area contributed by atoms with Crippen LogP contribution in [-0.2, 0) is 16.0 Å². The van der Waals surface area contributed by atoms with E-state index in [0.717, 1.165) is 12.8 Å². The smallest absolute Gasteiger partial charge is 0.323 e. The molecule has 1 aromatic heterocycles. The Balaban J connectivity index is 2.42. The summed E-state index contributed by atoms with van der Waals surface area (Å²) >= 11 is 1.75. The number of rotatable bonds is 8. The molecule has 1 amide bonds. The molecule has 0 saturated carbocycles. The first-order valence-electron chi connectivity index (χ1n) is 6.93. The van der Waals surface area contributed by atoms with E-state index in [2.05, 4.69) is 19.1 Å². The normalized spacial score (nSPS) is 10.8. The van der Waals surface area contributed by atoms with Gasteiger partial charge in [-0.3, -0.25) is 9.59 Å². The Hall–Kier alpha value is -1.36. The molecule has 0 spiro atoms. The zero-order valence-corrected chi connectivity index (χ0v) is 13.2. The molecule has 5 heteroatoms. The van der Waals surface area contributed by atoms with Crippen LogP contribution < -0.4 is 0 Å². The van der Waals surface area contributed by atoms with Gasteiger partial charge in [-0.15, -0.1) is 11.3 Å². The lowest BCUT2D eigenvalue weighted by molar-refractivity contribution is -0.144. The number of hydrogen-bond acceptors (Lipinski definition) is 3. The van der Waals surface area contributed by atoms with Crippen LogP contribution in [0.15, 0.2) is 12.1 Å². The van der Waals surface area contributed by atoms with Gasteiger partial charge in [0.15, 0.2) is 0 Å². The van der Waals surface area contributed by atoms with Crippen molar-refractivity contribution in [1.82, 2.24) is 4.90 Å². The van der Waals surface area contributed by atoms with Crippen LogP contribution >= 0.6 is 11.3 Å². The maximum Gasteiger partial charge on any atom is 0.323 e. The van der Waals surface area contributed by atoms with Crippen LogP contribution in [0.3, 0.4) is 0 Å². The summed E-state index contributed by atoms with van der Waals surface area (Å²) in [4.78, 5) is 26.9. The zero-order valence-electron chi connectivity index (χ0n) is 12.4. The van der Waals surface area contributed by atoms with E-state index in [1.807, 2.05) is 13.8 Å². The summed E-state index contributed by atoms with van der Waals surface area (Å²) in [5.41, 5.74) is 0. The highest BCUT2D eigenvalue weighted by Gasteiger charge is 2.17. The van der Waals surface area contributed by atoms with E-state index in [9.17, 15) is 9.59 Å². The van der Waals surface area contributed by atoms with Crippen LogP contribution in [0.1, 0.15) is 36.4 Å². The van der Waals surface area contributed by atoms with Crippen LogP contribution in [0.5, 0.6) is 0 Å². The van der Waals surface area contributed by atoms with E-state index in [4.69, 9.17) is 5.11 Å². The van der Waals surface area contributed by atoms with Gasteiger partial charge in [0.1, 0.15) is 6.54 Å². The number of nitrogens with zero attached hydrogens (tertiary/aromatic N) is 1. The maximum absolute atomic E-state index is 12.1. The van der Waals surface area contributed by atoms with Crippen LogP contribution in [-0.4, -0.2) is 35.0 Å². The Kier molecular flexibility index (Phi) is 6.71. The highest BCUT2D eigenvalue weighted by molar-refractivity contribution is 7.11. The van der Waals surface area contributed by atoms with Crippen LogP contribution in [0.2, 0.25) is 0 Å². The monoisotopic (exact) mass is 297 g/mol. The minimum atomic E-state index is -0.951. The molecule has 0 aliphatic carbocycles. The molecule has 0 atom stereocenters. The number of thiophene rings is 1. The van der Waals surface area contributed by atoms with Gasteiger partial charge >= 0.3 is 5.97 Å². The molecule has 1 heterocycles. The number of amides is 1. The molecular weight excluding hydrogens is 274 g/mol. The summed E-state index contributed by atoms with van der Waals surface area (Å²) in [7, 11) is 0. The SMILES string of the molecule is Cc1ccc(CCCC(=O)N(CC(=O)O)CC(C)C)s1. The van der Waals surface area contributed by atoms with Crippen molar-refractivity contribution in [2.45, 2.75) is 40.0 Å². The van der Waals surface area contributed by atoms with E-state index < -0.39 is 5.97 Å². The molecule has 0 radical (unpaired) electrons. The lowest BCUT2D eigenvalue weighted by Crippen LogP contribution is -2.38. The number of carbonyl (C=O) groups excluding carboxylic acids is 1. The Bertz CT molecular complexity index is 454. The van der Waals surface area contributed by atoms with Crippen molar-refractivity contribution in [2.75, 3.05) is 13.1 Å². The second kappa shape index (κ2) is 8.04. The van der Waals surface area contributed by atoms with Crippen molar-refractivity contribution in [3.63, 3.8) is 0 Å². The Morgan fingerprint density at radius 3 is 2.55 bits per heavy atom. The fourth-order valence-corrected chi connectivity index (χ4v) is 2.98. The van der Waals surface area contributed by atoms with Crippen molar-refractivity contribution in [3.8, 4) is 0 Å². The highest BCUT2D eigenvalue weighted by atomic mass is 32.1. The predicted octanol–water partition coefficient (Wildman–Crippen LogP) is 2.95. The van der Waals surface area contributed by atoms with E-state index in [1.54, 1.807) is 11.3 Å². The van der Waals surface area contributed by atoms with Crippen molar-refractivity contribution < 1.29 is 14.7 Å². The van der Waals surface area contributed by atoms with Gasteiger partial charge in [0.2, 0.25) is 5.91 Å². The summed E-state index contributed by atoms with van der Waals surface area (Å²) < 4.78 is 0. The Morgan fingerprint density at radius 2 is 2.05 bits per heavy atom. The van der Waals surface area contributed by atoms with Crippen LogP contribution in [0.4, 0.5) is 0 Å². The third-order valence-corrected chi connectivity index (χ3v) is 3.93. The van der Waals surface area contributed by atoms with Gasteiger partial charge in [0.25, 0.3) is 0 Å². The first kappa shape index (κ1) is 16.7. The van der Waals surface area contributed by atoms with Crippen molar-refractivity contribution in [3.05, 3.63) is 21.9 Å². The molecular formula is C15H23NO3S. The molecule has 0 unspecified atom stereocenters. The molecule has 0 aliphatic heterocycles. The molecule has 0 aliphatic rings. The molecule has 112 valence electrons. The second-order valence-corrected chi connectivity index (χ2v) is 6.80. The van der Waals surface area contributed by atoms with E-state index in [1.165, 1.54) is 14.7 Å². The van der Waals surface area contributed by atoms with Gasteiger partial charge in [0, 0.05) is 22.7 Å². The molecule has 1 rings (SSSR count). The molecule has 1 aromatic rings. The molecule has 0 fully saturated rings. The van der Waals surface area contributed by atoms with Gasteiger partial charge in [-0.2, -0.15) is 0 Å². The number of aliphatic carboxylic acids is 1. The van der Waals surface area contributed by atoms with Gasteiger partial charge in [-0.05, 0) is 37.8 Å². The van der Waals surface area contributed by atoms with Crippen LogP contribution in [0.25, 0.3) is 0 Å². The van der Waals surface area contributed by atoms with E-state index >= 15 is 0 Å². The highest BCUT2D eigenvalue weighted by Crippen LogP contribution is 2.17. The summed E-state index contributed by atoms with van der Waals surface area (Å²) in [5.74, 6) is -0.736. The van der Waals surface area contributed by atoms with Crippen molar-refractivity contribution in [2.24, 2.45) is 5.92 Å². The molecule has 1 N–H and O–H groups in total. The lowest BCUT2D eigenvalue weighted by atomic mass is 10.1. The quantitative estimate of drug-likeness (QED) is 0.802. The van der Waals surface area contributed by atoms with Gasteiger partial charge in [-0.25, -0.2) is 0 Å². The third-order valence-electron chi connectivity index (χ3n) is 2.87. The standard InChI is InChI=1S/C15H23NO3S/c1-11(2)9-16(10-15(18)19)14(17)6-4-5-13-8-7-12(3)20-13/h7-8,11H,4-6,9-10H2,1-3H3,(H,18,19). The molecule has 20 heavy (non-hydrogen) atoms. The fourth-order valence-electron chi connectivity index (χ4n) is 2.05. The van der Waals surface area contributed by atoms with E-state index in [-0.39, 0.29) is 18.4 Å². The largest absolute Gasteiger partial charge is 0.480 e. The van der Waals surface area contributed by atoms with Gasteiger partial charge in [0.05, 0.1) is 0 Å². The molecule has 4 nitrogen and oxygen atoms in total. The first-order valence-corrected chi connectivity index (χ1v) is 7.75. The average molecular weight is 297 g/mol. The molecule has 0 aromatic carbocycles. The third kappa shape index (κ3) is 6.19. The predicted molar refractivity (Wildman–Crippen MR) is 81.0 cm³/mol. The van der Waals surface area contributed by atoms with Gasteiger partial charge < -0.3 is 10.0 Å². The second-order valence-electron chi connectivity index (χ2n) is 5.43. The topological polar surface area (TPSA) is 57.6 Å². The number of aryl methyl sites for hydroxylation is 2. The van der Waals surface area contributed by atoms with E-state index in [0.29, 0.717) is 13.0 Å². The zero-order chi connectivity index (χ0) is 15.1. The number of hydrogen-bond donors (Lipinski definition) is 1. The molecule has 0 saturated heterocycles. The Labute approximate surface area is 124 Å². The maximum atomic E-state index is 12.1.